The van der Waals surface area contributed by atoms with Gasteiger partial charge in [0.2, 0.25) is 0 Å². The fourth-order valence-corrected chi connectivity index (χ4v) is 4.84. The largest absolute Gasteiger partial charge is 0.347 e. The van der Waals surface area contributed by atoms with Gasteiger partial charge in [0, 0.05) is 6.04 Å². The Morgan fingerprint density at radius 2 is 1.93 bits per heavy atom. The van der Waals surface area contributed by atoms with Gasteiger partial charge >= 0.3 is 0 Å². The van der Waals surface area contributed by atoms with Crippen LogP contribution < -0.4 is 5.32 Å². The van der Waals surface area contributed by atoms with E-state index < -0.39 is 5.41 Å². The fraction of sp³-hybridized carbons (Fsp3) is 0.375. The van der Waals surface area contributed by atoms with E-state index in [2.05, 4.69) is 17.6 Å². The number of hydrogen-bond donors (Lipinski definition) is 1. The van der Waals surface area contributed by atoms with E-state index in [4.69, 9.17) is 11.6 Å². The van der Waals surface area contributed by atoms with Crippen molar-refractivity contribution in [1.29, 1.82) is 10.5 Å². The number of carbonyl (C=O) groups excluding carboxylic acids is 1. The Balaban J connectivity index is 1.53. The zero-order valence-electron chi connectivity index (χ0n) is 17.0. The zero-order valence-corrected chi connectivity index (χ0v) is 17.8. The molecule has 0 spiro atoms. The number of hydrogen-bond acceptors (Lipinski definition) is 4. The topological polar surface area (TPSA) is 79.9 Å². The summed E-state index contributed by atoms with van der Waals surface area (Å²) in [6, 6.07) is 15.9. The normalized spacial score (nSPS) is 22.4. The molecule has 2 fully saturated rings. The number of nitrogens with one attached hydrogen (secondary N) is 1. The average Bonchev–Trinajstić information content (AvgIpc) is 3.30. The molecule has 3 atom stereocenters. The van der Waals surface area contributed by atoms with Crippen molar-refractivity contribution in [3.05, 3.63) is 58.6 Å². The molecule has 0 aliphatic carbocycles. The third-order valence-electron chi connectivity index (χ3n) is 6.38. The Bertz CT molecular complexity index is 1080. The van der Waals surface area contributed by atoms with Crippen molar-refractivity contribution in [3.63, 3.8) is 0 Å². The predicted octanol–water partition coefficient (Wildman–Crippen LogP) is 4.62. The summed E-state index contributed by atoms with van der Waals surface area (Å²) in [6.07, 6.45) is 5.02. The number of fused-ring (bicyclic) bond motifs is 2. The number of amides is 1. The highest BCUT2D eigenvalue weighted by atomic mass is 35.5. The van der Waals surface area contributed by atoms with Gasteiger partial charge in [-0.15, -0.1) is 0 Å². The lowest BCUT2D eigenvalue weighted by Crippen LogP contribution is -2.43. The SMILES string of the molecule is CC(C)(C#N)c1cccc(-c2ccc(C(=O)N[C@@H]3C[C@@H]4CC[C@H]3N4C#N)c(Cl)c2)c1. The van der Waals surface area contributed by atoms with Crippen LogP contribution in [0.25, 0.3) is 11.1 Å². The summed E-state index contributed by atoms with van der Waals surface area (Å²) in [5.41, 5.74) is 2.61. The maximum Gasteiger partial charge on any atom is 0.253 e. The molecule has 2 saturated heterocycles. The lowest BCUT2D eigenvalue weighted by molar-refractivity contribution is 0.0928. The van der Waals surface area contributed by atoms with Crippen LogP contribution in [0.3, 0.4) is 0 Å². The molecule has 4 rings (SSSR count). The van der Waals surface area contributed by atoms with Crippen molar-refractivity contribution in [2.75, 3.05) is 0 Å². The third-order valence-corrected chi connectivity index (χ3v) is 6.69. The highest BCUT2D eigenvalue weighted by Crippen LogP contribution is 2.37. The molecule has 30 heavy (non-hydrogen) atoms. The highest BCUT2D eigenvalue weighted by Gasteiger charge is 2.46. The van der Waals surface area contributed by atoms with E-state index in [1.54, 1.807) is 12.1 Å². The second-order valence-electron chi connectivity index (χ2n) is 8.63. The Hall–Kier alpha value is -3.02. The van der Waals surface area contributed by atoms with Crippen LogP contribution in [0.2, 0.25) is 5.02 Å². The maximum atomic E-state index is 12.8. The standard InChI is InChI=1S/C24H23ClN4O/c1-24(2,13-26)17-5-3-4-15(10-17)16-6-8-19(20(25)11-16)23(30)28-21-12-18-7-9-22(21)29(18)14-27/h3-6,8,10-11,18,21-22H,7,9,12H2,1-2H3,(H,28,30)/t18-,21+,22+/m0/s1. The number of benzene rings is 2. The lowest BCUT2D eigenvalue weighted by atomic mass is 9.85. The first-order valence-corrected chi connectivity index (χ1v) is 10.5. The molecule has 5 nitrogen and oxygen atoms in total. The molecular formula is C24H23ClN4O. The molecule has 152 valence electrons. The van der Waals surface area contributed by atoms with Gasteiger partial charge in [-0.25, -0.2) is 0 Å². The number of nitrogens with zero attached hydrogens (tertiary/aromatic N) is 3. The van der Waals surface area contributed by atoms with Gasteiger partial charge in [-0.2, -0.15) is 10.5 Å². The average molecular weight is 419 g/mol. The molecule has 1 amide bonds. The van der Waals surface area contributed by atoms with Gasteiger partial charge in [-0.05, 0) is 68.0 Å². The van der Waals surface area contributed by atoms with Crippen molar-refractivity contribution >= 4 is 17.5 Å². The van der Waals surface area contributed by atoms with Crippen LogP contribution in [0.5, 0.6) is 0 Å². The number of nitriles is 2. The summed E-state index contributed by atoms with van der Waals surface area (Å²) in [7, 11) is 0. The molecule has 2 aromatic carbocycles. The molecule has 1 N–H and O–H groups in total. The first-order valence-electron chi connectivity index (χ1n) is 10.1. The Labute approximate surface area is 181 Å². The Kier molecular flexibility index (Phi) is 5.18. The molecule has 2 bridgehead atoms. The highest BCUT2D eigenvalue weighted by molar-refractivity contribution is 6.34. The molecule has 0 saturated carbocycles. The number of carbonyl (C=O) groups is 1. The minimum atomic E-state index is -0.586. The second kappa shape index (κ2) is 7.67. The third kappa shape index (κ3) is 3.51. The summed E-state index contributed by atoms with van der Waals surface area (Å²) in [4.78, 5) is 14.7. The number of halogens is 1. The van der Waals surface area contributed by atoms with E-state index in [0.717, 1.165) is 36.0 Å². The minimum Gasteiger partial charge on any atom is -0.347 e. The quantitative estimate of drug-likeness (QED) is 0.734. The van der Waals surface area contributed by atoms with Crippen molar-refractivity contribution in [2.45, 2.75) is 56.7 Å². The second-order valence-corrected chi connectivity index (χ2v) is 9.04. The molecule has 0 aromatic heterocycles. The molecular weight excluding hydrogens is 396 g/mol. The van der Waals surface area contributed by atoms with Crippen molar-refractivity contribution in [1.82, 2.24) is 10.2 Å². The van der Waals surface area contributed by atoms with Crippen LogP contribution >= 0.6 is 11.6 Å². The Morgan fingerprint density at radius 1 is 1.17 bits per heavy atom. The van der Waals surface area contributed by atoms with Gasteiger partial charge in [0.15, 0.2) is 6.19 Å². The van der Waals surface area contributed by atoms with Crippen LogP contribution in [-0.2, 0) is 5.41 Å². The minimum absolute atomic E-state index is 0.0171. The summed E-state index contributed by atoms with van der Waals surface area (Å²) < 4.78 is 0. The number of rotatable bonds is 4. The zero-order chi connectivity index (χ0) is 21.5. The van der Waals surface area contributed by atoms with Crippen LogP contribution in [0.1, 0.15) is 49.0 Å². The van der Waals surface area contributed by atoms with Gasteiger partial charge in [-0.1, -0.05) is 35.9 Å². The van der Waals surface area contributed by atoms with E-state index in [1.807, 2.05) is 49.1 Å². The molecule has 2 aliphatic heterocycles. The van der Waals surface area contributed by atoms with Crippen molar-refractivity contribution in [2.24, 2.45) is 0 Å². The first kappa shape index (κ1) is 20.3. The van der Waals surface area contributed by atoms with Crippen LogP contribution in [0.15, 0.2) is 42.5 Å². The maximum absolute atomic E-state index is 12.8. The van der Waals surface area contributed by atoms with E-state index >= 15 is 0 Å². The predicted molar refractivity (Wildman–Crippen MR) is 116 cm³/mol. The van der Waals surface area contributed by atoms with Gasteiger partial charge in [-0.3, -0.25) is 4.79 Å². The molecule has 0 unspecified atom stereocenters. The Morgan fingerprint density at radius 3 is 2.60 bits per heavy atom. The molecule has 2 heterocycles. The van der Waals surface area contributed by atoms with E-state index in [1.165, 1.54) is 0 Å². The summed E-state index contributed by atoms with van der Waals surface area (Å²) in [5, 5.41) is 22.2. The first-order chi connectivity index (χ1) is 14.3. The van der Waals surface area contributed by atoms with Gasteiger partial charge in [0.05, 0.1) is 34.2 Å². The van der Waals surface area contributed by atoms with Crippen LogP contribution in [-0.4, -0.2) is 28.9 Å². The summed E-state index contributed by atoms with van der Waals surface area (Å²) >= 11 is 6.48. The van der Waals surface area contributed by atoms with Gasteiger partial charge < -0.3 is 10.2 Å². The van der Waals surface area contributed by atoms with Gasteiger partial charge in [0.25, 0.3) is 5.91 Å². The summed E-state index contributed by atoms with van der Waals surface area (Å²) in [5.74, 6) is -0.207. The van der Waals surface area contributed by atoms with Crippen LogP contribution in [0, 0.1) is 22.8 Å². The fourth-order valence-electron chi connectivity index (χ4n) is 4.58. The lowest BCUT2D eigenvalue weighted by Gasteiger charge is -2.22. The molecule has 6 heteroatoms. The monoisotopic (exact) mass is 418 g/mol. The van der Waals surface area contributed by atoms with Gasteiger partial charge in [0.1, 0.15) is 0 Å². The van der Waals surface area contributed by atoms with Crippen molar-refractivity contribution < 1.29 is 4.79 Å². The summed E-state index contributed by atoms with van der Waals surface area (Å²) in [6.45, 7) is 3.77. The van der Waals surface area contributed by atoms with Crippen molar-refractivity contribution in [3.8, 4) is 23.4 Å². The van der Waals surface area contributed by atoms with Crippen LogP contribution in [0.4, 0.5) is 0 Å². The smallest absolute Gasteiger partial charge is 0.253 e. The molecule has 0 radical (unpaired) electrons. The molecule has 2 aliphatic rings. The van der Waals surface area contributed by atoms with E-state index in [-0.39, 0.29) is 24.0 Å². The van der Waals surface area contributed by atoms with E-state index in [0.29, 0.717) is 10.6 Å². The molecule has 2 aromatic rings. The van der Waals surface area contributed by atoms with E-state index in [9.17, 15) is 15.3 Å².